The lowest BCUT2D eigenvalue weighted by Gasteiger charge is -2.16. The van der Waals surface area contributed by atoms with Crippen molar-refractivity contribution in [2.24, 2.45) is 0 Å². The molecule has 3 nitrogen and oxygen atoms in total. The second-order valence-electron chi connectivity index (χ2n) is 5.13. The number of nitrogens with one attached hydrogen (secondary N) is 2. The number of aryl methyl sites for hydroxylation is 2. The van der Waals surface area contributed by atoms with Crippen LogP contribution < -0.4 is 10.6 Å². The molecule has 0 saturated carbocycles. The van der Waals surface area contributed by atoms with Crippen LogP contribution in [0.2, 0.25) is 5.02 Å². The highest BCUT2D eigenvalue weighted by atomic mass is 35.5. The number of anilines is 2. The highest BCUT2D eigenvalue weighted by molar-refractivity contribution is 6.31. The normalized spacial score (nSPS) is 11.8. The van der Waals surface area contributed by atoms with E-state index in [9.17, 15) is 4.79 Å². The third kappa shape index (κ3) is 3.99. The van der Waals surface area contributed by atoms with Gasteiger partial charge in [0.2, 0.25) is 5.91 Å². The molecule has 0 aliphatic carbocycles. The maximum Gasteiger partial charge on any atom is 0.246 e. The van der Waals surface area contributed by atoms with Gasteiger partial charge < -0.3 is 10.6 Å². The zero-order chi connectivity index (χ0) is 15.4. The van der Waals surface area contributed by atoms with Crippen molar-refractivity contribution < 1.29 is 4.79 Å². The van der Waals surface area contributed by atoms with Crippen molar-refractivity contribution in [2.75, 3.05) is 10.6 Å². The van der Waals surface area contributed by atoms with Gasteiger partial charge in [-0.25, -0.2) is 0 Å². The maximum absolute atomic E-state index is 12.2. The average Bonchev–Trinajstić information content (AvgIpc) is 2.45. The highest BCUT2D eigenvalue weighted by Crippen LogP contribution is 2.21. The maximum atomic E-state index is 12.2. The van der Waals surface area contributed by atoms with Crippen molar-refractivity contribution in [1.82, 2.24) is 0 Å². The predicted molar refractivity (Wildman–Crippen MR) is 89.1 cm³/mol. The zero-order valence-electron chi connectivity index (χ0n) is 12.4. The van der Waals surface area contributed by atoms with E-state index in [1.165, 1.54) is 0 Å². The second-order valence-corrected chi connectivity index (χ2v) is 5.54. The summed E-state index contributed by atoms with van der Waals surface area (Å²) in [5.41, 5.74) is 3.71. The van der Waals surface area contributed by atoms with Crippen molar-refractivity contribution in [1.29, 1.82) is 0 Å². The van der Waals surface area contributed by atoms with Crippen LogP contribution in [0.5, 0.6) is 0 Å². The number of halogens is 1. The molecule has 0 aliphatic rings. The third-order valence-corrected chi connectivity index (χ3v) is 3.76. The summed E-state index contributed by atoms with van der Waals surface area (Å²) >= 11 is 6.09. The van der Waals surface area contributed by atoms with Gasteiger partial charge in [0.05, 0.1) is 0 Å². The molecule has 2 aromatic carbocycles. The summed E-state index contributed by atoms with van der Waals surface area (Å²) in [5, 5.41) is 6.76. The Bertz CT molecular complexity index is 655. The van der Waals surface area contributed by atoms with E-state index in [0.717, 1.165) is 22.5 Å². The van der Waals surface area contributed by atoms with E-state index in [1.807, 2.05) is 63.2 Å². The van der Waals surface area contributed by atoms with Crippen molar-refractivity contribution in [3.05, 3.63) is 58.6 Å². The fraction of sp³-hybridized carbons (Fsp3) is 0.235. The number of para-hydroxylation sites is 1. The van der Waals surface area contributed by atoms with Gasteiger partial charge in [-0.2, -0.15) is 0 Å². The molecule has 110 valence electrons. The van der Waals surface area contributed by atoms with Gasteiger partial charge in [-0.05, 0) is 50.1 Å². The van der Waals surface area contributed by atoms with E-state index in [2.05, 4.69) is 10.6 Å². The molecule has 0 bridgehead atoms. The van der Waals surface area contributed by atoms with Gasteiger partial charge in [-0.3, -0.25) is 4.79 Å². The van der Waals surface area contributed by atoms with E-state index >= 15 is 0 Å². The molecule has 4 heteroatoms. The minimum Gasteiger partial charge on any atom is -0.374 e. The van der Waals surface area contributed by atoms with Crippen LogP contribution in [-0.4, -0.2) is 11.9 Å². The number of carbonyl (C=O) groups is 1. The number of benzene rings is 2. The number of carbonyl (C=O) groups excluding carboxylic acids is 1. The van der Waals surface area contributed by atoms with Crippen molar-refractivity contribution in [3.63, 3.8) is 0 Å². The van der Waals surface area contributed by atoms with Crippen molar-refractivity contribution >= 4 is 28.9 Å². The largest absolute Gasteiger partial charge is 0.374 e. The predicted octanol–water partition coefficient (Wildman–Crippen LogP) is 4.40. The first-order valence-corrected chi connectivity index (χ1v) is 7.24. The molecule has 0 fully saturated rings. The van der Waals surface area contributed by atoms with Gasteiger partial charge in [-0.1, -0.05) is 35.9 Å². The molecule has 0 saturated heterocycles. The Balaban J connectivity index is 2.02. The molecule has 21 heavy (non-hydrogen) atoms. The number of hydrogen-bond acceptors (Lipinski definition) is 2. The number of rotatable bonds is 4. The van der Waals surface area contributed by atoms with Crippen LogP contribution in [0.3, 0.4) is 0 Å². The van der Waals surface area contributed by atoms with Crippen LogP contribution in [0.4, 0.5) is 11.4 Å². The second kappa shape index (κ2) is 6.64. The van der Waals surface area contributed by atoms with E-state index < -0.39 is 0 Å². The van der Waals surface area contributed by atoms with Crippen LogP contribution >= 0.6 is 11.6 Å². The highest BCUT2D eigenvalue weighted by Gasteiger charge is 2.13. The Morgan fingerprint density at radius 1 is 1.10 bits per heavy atom. The molecule has 2 N–H and O–H groups in total. The molecule has 1 amide bonds. The topological polar surface area (TPSA) is 41.1 Å². The zero-order valence-corrected chi connectivity index (χ0v) is 13.2. The fourth-order valence-electron chi connectivity index (χ4n) is 1.95. The standard InChI is InChI=1S/C17H19ClN2O/c1-11-8-9-14(10-15(11)18)19-13(3)17(21)20-16-7-5-4-6-12(16)2/h4-10,13,19H,1-3H3,(H,20,21). The Hall–Kier alpha value is -2.00. The molecule has 0 spiro atoms. The van der Waals surface area contributed by atoms with Crippen molar-refractivity contribution in [3.8, 4) is 0 Å². The van der Waals surface area contributed by atoms with E-state index in [0.29, 0.717) is 5.02 Å². The van der Waals surface area contributed by atoms with Crippen LogP contribution in [0.15, 0.2) is 42.5 Å². The third-order valence-electron chi connectivity index (χ3n) is 3.35. The summed E-state index contributed by atoms with van der Waals surface area (Å²) in [6, 6.07) is 13.0. The molecule has 0 aromatic heterocycles. The Morgan fingerprint density at radius 2 is 1.81 bits per heavy atom. The Kier molecular flexibility index (Phi) is 4.86. The van der Waals surface area contributed by atoms with E-state index in [1.54, 1.807) is 0 Å². The molecular formula is C17H19ClN2O. The lowest BCUT2D eigenvalue weighted by atomic mass is 10.2. The first-order valence-electron chi connectivity index (χ1n) is 6.86. The minimum absolute atomic E-state index is 0.0824. The molecular weight excluding hydrogens is 284 g/mol. The SMILES string of the molecule is Cc1ccc(NC(C)C(=O)Nc2ccccc2C)cc1Cl. The molecule has 2 aromatic rings. The summed E-state index contributed by atoms with van der Waals surface area (Å²) in [6.07, 6.45) is 0. The van der Waals surface area contributed by atoms with Crippen molar-refractivity contribution in [2.45, 2.75) is 26.8 Å². The van der Waals surface area contributed by atoms with Gasteiger partial charge in [0.1, 0.15) is 6.04 Å². The summed E-state index contributed by atoms with van der Waals surface area (Å²) in [7, 11) is 0. The van der Waals surface area contributed by atoms with Crippen LogP contribution in [0.25, 0.3) is 0 Å². The van der Waals surface area contributed by atoms with Crippen LogP contribution in [0.1, 0.15) is 18.1 Å². The molecule has 1 atom stereocenters. The van der Waals surface area contributed by atoms with Gasteiger partial charge in [0.15, 0.2) is 0 Å². The lowest BCUT2D eigenvalue weighted by molar-refractivity contribution is -0.116. The number of amides is 1. The molecule has 0 radical (unpaired) electrons. The quantitative estimate of drug-likeness (QED) is 0.879. The molecule has 2 rings (SSSR count). The summed E-state index contributed by atoms with van der Waals surface area (Å²) in [5.74, 6) is -0.0824. The van der Waals surface area contributed by atoms with Crippen LogP contribution in [-0.2, 0) is 4.79 Å². The van der Waals surface area contributed by atoms with E-state index in [-0.39, 0.29) is 11.9 Å². The van der Waals surface area contributed by atoms with Gasteiger partial charge in [0, 0.05) is 16.4 Å². The van der Waals surface area contributed by atoms with Gasteiger partial charge in [-0.15, -0.1) is 0 Å². The lowest BCUT2D eigenvalue weighted by Crippen LogP contribution is -2.32. The summed E-state index contributed by atoms with van der Waals surface area (Å²) in [6.45, 7) is 5.73. The fourth-order valence-corrected chi connectivity index (χ4v) is 2.13. The Morgan fingerprint density at radius 3 is 2.48 bits per heavy atom. The smallest absolute Gasteiger partial charge is 0.246 e. The number of hydrogen-bond donors (Lipinski definition) is 2. The Labute approximate surface area is 130 Å². The average molecular weight is 303 g/mol. The summed E-state index contributed by atoms with van der Waals surface area (Å²) < 4.78 is 0. The molecule has 0 heterocycles. The molecule has 1 unspecified atom stereocenters. The van der Waals surface area contributed by atoms with Gasteiger partial charge >= 0.3 is 0 Å². The van der Waals surface area contributed by atoms with Gasteiger partial charge in [0.25, 0.3) is 0 Å². The first kappa shape index (κ1) is 15.4. The monoisotopic (exact) mass is 302 g/mol. The summed E-state index contributed by atoms with van der Waals surface area (Å²) in [4.78, 5) is 12.2. The first-order chi connectivity index (χ1) is 9.97. The minimum atomic E-state index is -0.358. The van der Waals surface area contributed by atoms with Crippen LogP contribution in [0, 0.1) is 13.8 Å². The van der Waals surface area contributed by atoms with E-state index in [4.69, 9.17) is 11.6 Å². The molecule has 0 aliphatic heterocycles.